The van der Waals surface area contributed by atoms with Crippen molar-refractivity contribution in [1.82, 2.24) is 9.80 Å². The summed E-state index contributed by atoms with van der Waals surface area (Å²) in [7, 11) is 0. The van der Waals surface area contributed by atoms with Gasteiger partial charge in [0.25, 0.3) is 0 Å². The van der Waals surface area contributed by atoms with Gasteiger partial charge in [0.1, 0.15) is 6.04 Å². The third-order valence-corrected chi connectivity index (χ3v) is 4.35. The van der Waals surface area contributed by atoms with Gasteiger partial charge in [-0.1, -0.05) is 12.2 Å². The van der Waals surface area contributed by atoms with Crippen LogP contribution in [0.1, 0.15) is 25.7 Å². The summed E-state index contributed by atoms with van der Waals surface area (Å²) in [5.41, 5.74) is -1.16. The molecule has 2 N–H and O–H groups in total. The average Bonchev–Trinajstić information content (AvgIpc) is 2.44. The maximum absolute atomic E-state index is 12.6. The number of aliphatic hydroxyl groups excluding tert-OH is 1. The van der Waals surface area contributed by atoms with E-state index in [1.165, 1.54) is 4.90 Å². The van der Waals surface area contributed by atoms with Crippen LogP contribution < -0.4 is 0 Å². The lowest BCUT2D eigenvalue weighted by Crippen LogP contribution is -2.64. The smallest absolute Gasteiger partial charge is 0.246 e. The van der Waals surface area contributed by atoms with E-state index < -0.39 is 17.7 Å². The third-order valence-electron chi connectivity index (χ3n) is 4.35. The molecular formula is C16H24N2O4. The van der Waals surface area contributed by atoms with E-state index in [0.717, 1.165) is 0 Å². The SMILES string of the molecule is C=CCC(O)(CC=C)CN1CC(=O)N2CC[C@@H](O)C[C@H]2C1=O. The lowest BCUT2D eigenvalue weighted by Gasteiger charge is -2.45. The molecule has 0 aliphatic carbocycles. The zero-order valence-corrected chi connectivity index (χ0v) is 12.8. The highest BCUT2D eigenvalue weighted by molar-refractivity contribution is 5.95. The van der Waals surface area contributed by atoms with Gasteiger partial charge in [0.05, 0.1) is 24.8 Å². The van der Waals surface area contributed by atoms with Crippen LogP contribution in [0.25, 0.3) is 0 Å². The number of fused-ring (bicyclic) bond motifs is 1. The second-order valence-corrected chi connectivity index (χ2v) is 6.19. The predicted octanol–water partition coefficient (Wildman–Crippen LogP) is 0.0638. The molecule has 6 heteroatoms. The van der Waals surface area contributed by atoms with Gasteiger partial charge in [0.2, 0.25) is 11.8 Å². The van der Waals surface area contributed by atoms with Crippen LogP contribution in [0.3, 0.4) is 0 Å². The first-order chi connectivity index (χ1) is 10.4. The summed E-state index contributed by atoms with van der Waals surface area (Å²) in [6.07, 6.45) is 4.03. The maximum Gasteiger partial charge on any atom is 0.246 e. The van der Waals surface area contributed by atoms with Gasteiger partial charge in [0.15, 0.2) is 0 Å². The summed E-state index contributed by atoms with van der Waals surface area (Å²) in [5.74, 6) is -0.332. The van der Waals surface area contributed by atoms with Gasteiger partial charge in [-0.3, -0.25) is 9.59 Å². The van der Waals surface area contributed by atoms with Crippen LogP contribution in [0.4, 0.5) is 0 Å². The molecule has 0 radical (unpaired) electrons. The summed E-state index contributed by atoms with van der Waals surface area (Å²) in [6, 6.07) is -0.610. The van der Waals surface area contributed by atoms with Crippen molar-refractivity contribution in [1.29, 1.82) is 0 Å². The molecule has 0 bridgehead atoms. The Morgan fingerprint density at radius 3 is 2.50 bits per heavy atom. The van der Waals surface area contributed by atoms with Gasteiger partial charge in [-0.05, 0) is 19.3 Å². The van der Waals surface area contributed by atoms with Crippen molar-refractivity contribution < 1.29 is 19.8 Å². The van der Waals surface area contributed by atoms with E-state index >= 15 is 0 Å². The summed E-state index contributed by atoms with van der Waals surface area (Å²) < 4.78 is 0. The Morgan fingerprint density at radius 2 is 1.91 bits per heavy atom. The minimum Gasteiger partial charge on any atom is -0.393 e. The first-order valence-electron chi connectivity index (χ1n) is 7.60. The number of hydrogen-bond acceptors (Lipinski definition) is 4. The van der Waals surface area contributed by atoms with E-state index in [4.69, 9.17) is 0 Å². The molecule has 2 atom stereocenters. The first-order valence-corrected chi connectivity index (χ1v) is 7.60. The van der Waals surface area contributed by atoms with Crippen molar-refractivity contribution in [3.63, 3.8) is 0 Å². The van der Waals surface area contributed by atoms with Crippen molar-refractivity contribution in [2.45, 2.75) is 43.4 Å². The van der Waals surface area contributed by atoms with Crippen molar-refractivity contribution in [3.05, 3.63) is 25.3 Å². The normalized spacial score (nSPS) is 25.9. The molecule has 22 heavy (non-hydrogen) atoms. The largest absolute Gasteiger partial charge is 0.393 e. The lowest BCUT2D eigenvalue weighted by atomic mass is 9.92. The number of hydrogen-bond donors (Lipinski definition) is 2. The second kappa shape index (κ2) is 6.62. The Balaban J connectivity index is 2.14. The van der Waals surface area contributed by atoms with Gasteiger partial charge in [0, 0.05) is 13.0 Å². The third kappa shape index (κ3) is 3.39. The summed E-state index contributed by atoms with van der Waals surface area (Å²) in [6.45, 7) is 7.70. The van der Waals surface area contributed by atoms with Gasteiger partial charge >= 0.3 is 0 Å². The minimum atomic E-state index is -1.16. The topological polar surface area (TPSA) is 81.1 Å². The Kier molecular flexibility index (Phi) is 5.03. The molecule has 0 unspecified atom stereocenters. The van der Waals surface area contributed by atoms with Crippen molar-refractivity contribution >= 4 is 11.8 Å². The fourth-order valence-corrected chi connectivity index (χ4v) is 3.26. The summed E-state index contributed by atoms with van der Waals surface area (Å²) >= 11 is 0. The van der Waals surface area contributed by atoms with E-state index in [-0.39, 0.29) is 31.3 Å². The lowest BCUT2D eigenvalue weighted by molar-refractivity contribution is -0.163. The highest BCUT2D eigenvalue weighted by atomic mass is 16.3. The van der Waals surface area contributed by atoms with Gasteiger partial charge in [-0.2, -0.15) is 0 Å². The number of β-amino-alcohol motifs (C(OH)–C–C–N with tert-alkyl or cyclic N) is 1. The number of piperidine rings is 1. The van der Waals surface area contributed by atoms with Crippen LogP contribution in [0, 0.1) is 0 Å². The standard InChI is InChI=1S/C16H24N2O4/c1-3-6-16(22,7-4-2)11-17-10-14(20)18-8-5-12(19)9-13(18)15(17)21/h3-4,12-13,19,22H,1-2,5-11H2/t12-,13+/m1/s1. The Hall–Kier alpha value is -1.66. The molecule has 2 amide bonds. The summed E-state index contributed by atoms with van der Waals surface area (Å²) in [5, 5.41) is 20.4. The Labute approximate surface area is 130 Å². The quantitative estimate of drug-likeness (QED) is 0.680. The first kappa shape index (κ1) is 16.7. The molecule has 0 spiro atoms. The zero-order chi connectivity index (χ0) is 16.3. The number of carbonyl (C=O) groups excluding carboxylic acids is 2. The molecule has 2 fully saturated rings. The van der Waals surface area contributed by atoms with Gasteiger partial charge in [-0.15, -0.1) is 13.2 Å². The van der Waals surface area contributed by atoms with Crippen LogP contribution in [0.15, 0.2) is 25.3 Å². The number of nitrogens with zero attached hydrogens (tertiary/aromatic N) is 2. The second-order valence-electron chi connectivity index (χ2n) is 6.19. The van der Waals surface area contributed by atoms with Crippen LogP contribution in [0.5, 0.6) is 0 Å². The molecule has 2 rings (SSSR count). The molecule has 0 aromatic rings. The number of carbonyl (C=O) groups is 2. The molecule has 0 aromatic heterocycles. The van der Waals surface area contributed by atoms with Crippen LogP contribution in [0.2, 0.25) is 0 Å². The molecular weight excluding hydrogens is 284 g/mol. The van der Waals surface area contributed by atoms with Crippen LogP contribution >= 0.6 is 0 Å². The molecule has 2 saturated heterocycles. The van der Waals surface area contributed by atoms with Crippen molar-refractivity contribution in [3.8, 4) is 0 Å². The van der Waals surface area contributed by atoms with E-state index in [1.54, 1.807) is 17.1 Å². The van der Waals surface area contributed by atoms with Crippen molar-refractivity contribution in [2.75, 3.05) is 19.6 Å². The summed E-state index contributed by atoms with van der Waals surface area (Å²) in [4.78, 5) is 27.8. The van der Waals surface area contributed by atoms with E-state index in [9.17, 15) is 19.8 Å². The molecule has 0 saturated carbocycles. The predicted molar refractivity (Wildman–Crippen MR) is 81.9 cm³/mol. The fraction of sp³-hybridized carbons (Fsp3) is 0.625. The highest BCUT2D eigenvalue weighted by Gasteiger charge is 2.44. The molecule has 2 heterocycles. The van der Waals surface area contributed by atoms with Gasteiger partial charge < -0.3 is 20.0 Å². The minimum absolute atomic E-state index is 0.0258. The molecule has 6 nitrogen and oxygen atoms in total. The molecule has 2 aliphatic heterocycles. The van der Waals surface area contributed by atoms with E-state index in [0.29, 0.717) is 25.8 Å². The van der Waals surface area contributed by atoms with Gasteiger partial charge in [-0.25, -0.2) is 0 Å². The number of aliphatic hydroxyl groups is 2. The fourth-order valence-electron chi connectivity index (χ4n) is 3.26. The molecule has 2 aliphatic rings. The van der Waals surface area contributed by atoms with Crippen molar-refractivity contribution in [2.24, 2.45) is 0 Å². The molecule has 122 valence electrons. The molecule has 0 aromatic carbocycles. The maximum atomic E-state index is 12.6. The Morgan fingerprint density at radius 1 is 1.27 bits per heavy atom. The zero-order valence-electron chi connectivity index (χ0n) is 12.8. The van der Waals surface area contributed by atoms with Crippen LogP contribution in [-0.4, -0.2) is 69.2 Å². The van der Waals surface area contributed by atoms with Crippen LogP contribution in [-0.2, 0) is 9.59 Å². The number of amides is 2. The van der Waals surface area contributed by atoms with E-state index in [1.807, 2.05) is 0 Å². The van der Waals surface area contributed by atoms with E-state index in [2.05, 4.69) is 13.2 Å². The number of piperazine rings is 1. The average molecular weight is 308 g/mol. The highest BCUT2D eigenvalue weighted by Crippen LogP contribution is 2.26. The number of rotatable bonds is 6. The monoisotopic (exact) mass is 308 g/mol. The Bertz CT molecular complexity index is 467.